The zero-order valence-electron chi connectivity index (χ0n) is 10.8. The smallest absolute Gasteiger partial charge is 0.168 e. The van der Waals surface area contributed by atoms with Gasteiger partial charge in [0.15, 0.2) is 11.6 Å². The van der Waals surface area contributed by atoms with E-state index in [4.69, 9.17) is 0 Å². The minimum absolute atomic E-state index is 0.0663. The molecule has 2 aromatic rings. The lowest BCUT2D eigenvalue weighted by molar-refractivity contribution is 0.144. The molecule has 0 bridgehead atoms. The van der Waals surface area contributed by atoms with Crippen LogP contribution >= 0.6 is 0 Å². The molecule has 3 rings (SSSR count). The lowest BCUT2D eigenvalue weighted by atomic mass is 9.87. The third-order valence-electron chi connectivity index (χ3n) is 4.18. The van der Waals surface area contributed by atoms with E-state index in [1.807, 2.05) is 24.9 Å². The Bertz CT molecular complexity index is 630. The third-order valence-corrected chi connectivity index (χ3v) is 4.18. The van der Waals surface area contributed by atoms with E-state index < -0.39 is 11.6 Å². The molecule has 0 saturated heterocycles. The minimum atomic E-state index is -0.752. The van der Waals surface area contributed by atoms with Crippen LogP contribution in [0.25, 0.3) is 10.9 Å². The van der Waals surface area contributed by atoms with Gasteiger partial charge < -0.3 is 9.47 Å². The maximum atomic E-state index is 13.7. The molecule has 0 N–H and O–H groups in total. The Balaban J connectivity index is 2.26. The van der Waals surface area contributed by atoms with E-state index in [1.54, 1.807) is 6.07 Å². The fourth-order valence-corrected chi connectivity index (χ4v) is 2.82. The Morgan fingerprint density at radius 1 is 1.33 bits per heavy atom. The third kappa shape index (κ3) is 1.42. The summed E-state index contributed by atoms with van der Waals surface area (Å²) in [6.07, 6.45) is 2.58. The van der Waals surface area contributed by atoms with Gasteiger partial charge in [-0.1, -0.05) is 0 Å². The van der Waals surface area contributed by atoms with Crippen molar-refractivity contribution in [2.24, 2.45) is 0 Å². The van der Waals surface area contributed by atoms with Gasteiger partial charge >= 0.3 is 0 Å². The molecule has 1 aliphatic rings. The first kappa shape index (κ1) is 11.7. The number of nitrogens with zero attached hydrogens (tertiary/aromatic N) is 2. The van der Waals surface area contributed by atoms with Crippen LogP contribution in [0.2, 0.25) is 0 Å². The monoisotopic (exact) mass is 250 g/mol. The molecule has 1 aromatic heterocycles. The van der Waals surface area contributed by atoms with Gasteiger partial charge in [-0.15, -0.1) is 0 Å². The summed E-state index contributed by atoms with van der Waals surface area (Å²) in [5.41, 5.74) is 1.66. The van der Waals surface area contributed by atoms with E-state index in [0.717, 1.165) is 24.0 Å². The van der Waals surface area contributed by atoms with E-state index in [0.29, 0.717) is 5.39 Å². The number of aromatic nitrogens is 1. The number of hydrogen-bond donors (Lipinski definition) is 0. The van der Waals surface area contributed by atoms with Crippen LogP contribution in [0.4, 0.5) is 8.78 Å². The standard InChI is InChI=1S/C14H16F2N2/c1-14(17(2)3)7-9-6-11(15)12(16)10-4-5-18(8-14)13(9)10/h4-6H,7-8H2,1-3H3. The van der Waals surface area contributed by atoms with Crippen LogP contribution in [0, 0.1) is 11.6 Å². The van der Waals surface area contributed by atoms with E-state index in [2.05, 4.69) is 11.8 Å². The van der Waals surface area contributed by atoms with Gasteiger partial charge in [0.25, 0.3) is 0 Å². The van der Waals surface area contributed by atoms with Crippen molar-refractivity contribution in [3.8, 4) is 0 Å². The quantitative estimate of drug-likeness (QED) is 0.755. The summed E-state index contributed by atoms with van der Waals surface area (Å²) in [4.78, 5) is 2.14. The first-order valence-corrected chi connectivity index (χ1v) is 6.05. The summed E-state index contributed by atoms with van der Waals surface area (Å²) in [6.45, 7) is 2.94. The molecule has 1 aliphatic heterocycles. The van der Waals surface area contributed by atoms with Gasteiger partial charge in [-0.25, -0.2) is 8.78 Å². The number of rotatable bonds is 1. The summed E-state index contributed by atoms with van der Waals surface area (Å²) in [7, 11) is 4.04. The largest absolute Gasteiger partial charge is 0.345 e. The molecular weight excluding hydrogens is 234 g/mol. The zero-order valence-corrected chi connectivity index (χ0v) is 10.8. The molecule has 2 nitrogen and oxygen atoms in total. The normalized spacial score (nSPS) is 23.0. The Morgan fingerprint density at radius 2 is 2.06 bits per heavy atom. The lowest BCUT2D eigenvalue weighted by Gasteiger charge is -2.40. The molecule has 4 heteroatoms. The molecule has 1 atom stereocenters. The second-order valence-electron chi connectivity index (χ2n) is 5.61. The van der Waals surface area contributed by atoms with E-state index >= 15 is 0 Å². The van der Waals surface area contributed by atoms with Crippen molar-refractivity contribution < 1.29 is 8.78 Å². The Hall–Kier alpha value is -1.42. The van der Waals surface area contributed by atoms with Crippen molar-refractivity contribution in [1.29, 1.82) is 0 Å². The summed E-state index contributed by atoms with van der Waals surface area (Å²) in [5, 5.41) is 0.394. The van der Waals surface area contributed by atoms with Crippen LogP contribution in [0.3, 0.4) is 0 Å². The lowest BCUT2D eigenvalue weighted by Crippen LogP contribution is -2.48. The van der Waals surface area contributed by atoms with Crippen LogP contribution in [0.5, 0.6) is 0 Å². The molecule has 0 fully saturated rings. The van der Waals surface area contributed by atoms with Gasteiger partial charge in [0.05, 0.1) is 5.52 Å². The Labute approximate surface area is 105 Å². The van der Waals surface area contributed by atoms with Gasteiger partial charge in [0.1, 0.15) is 0 Å². The highest BCUT2D eigenvalue weighted by Crippen LogP contribution is 2.35. The average molecular weight is 250 g/mol. The summed E-state index contributed by atoms with van der Waals surface area (Å²) in [5.74, 6) is -1.49. The maximum absolute atomic E-state index is 13.7. The fraction of sp³-hybridized carbons (Fsp3) is 0.429. The molecule has 18 heavy (non-hydrogen) atoms. The highest BCUT2D eigenvalue weighted by Gasteiger charge is 2.34. The highest BCUT2D eigenvalue weighted by molar-refractivity contribution is 5.85. The topological polar surface area (TPSA) is 8.17 Å². The van der Waals surface area contributed by atoms with Crippen LogP contribution < -0.4 is 0 Å². The van der Waals surface area contributed by atoms with Crippen LogP contribution in [-0.2, 0) is 13.0 Å². The number of likely N-dealkylation sites (N-methyl/N-ethyl adjacent to an activating group) is 1. The summed E-state index contributed by atoms with van der Waals surface area (Å²) in [6, 6.07) is 3.01. The first-order chi connectivity index (χ1) is 8.42. The Morgan fingerprint density at radius 3 is 2.72 bits per heavy atom. The second kappa shape index (κ2) is 3.54. The predicted octanol–water partition coefficient (Wildman–Crippen LogP) is 2.80. The van der Waals surface area contributed by atoms with Crippen molar-refractivity contribution in [2.45, 2.75) is 25.4 Å². The maximum Gasteiger partial charge on any atom is 0.168 e. The number of hydrogen-bond acceptors (Lipinski definition) is 1. The van der Waals surface area contributed by atoms with Gasteiger partial charge in [-0.3, -0.25) is 0 Å². The average Bonchev–Trinajstić information content (AvgIpc) is 2.70. The van der Waals surface area contributed by atoms with Crippen LogP contribution in [0.1, 0.15) is 12.5 Å². The van der Waals surface area contributed by atoms with E-state index in [9.17, 15) is 8.78 Å². The van der Waals surface area contributed by atoms with Gasteiger partial charge in [-0.2, -0.15) is 0 Å². The Kier molecular flexibility index (Phi) is 2.29. The summed E-state index contributed by atoms with van der Waals surface area (Å²) < 4.78 is 29.3. The highest BCUT2D eigenvalue weighted by atomic mass is 19.2. The van der Waals surface area contributed by atoms with E-state index in [-0.39, 0.29) is 5.54 Å². The molecule has 0 radical (unpaired) electrons. The number of benzene rings is 1. The molecule has 0 aliphatic carbocycles. The van der Waals surface area contributed by atoms with Crippen molar-refractivity contribution in [2.75, 3.05) is 14.1 Å². The van der Waals surface area contributed by atoms with Crippen LogP contribution in [0.15, 0.2) is 18.3 Å². The first-order valence-electron chi connectivity index (χ1n) is 6.05. The van der Waals surface area contributed by atoms with Gasteiger partial charge in [-0.05, 0) is 45.1 Å². The molecule has 1 unspecified atom stereocenters. The molecular formula is C14H16F2N2. The van der Waals surface area contributed by atoms with E-state index in [1.165, 1.54) is 6.07 Å². The molecule has 1 aromatic carbocycles. The minimum Gasteiger partial charge on any atom is -0.345 e. The van der Waals surface area contributed by atoms with Gasteiger partial charge in [0.2, 0.25) is 0 Å². The molecule has 0 amide bonds. The SMILES string of the molecule is CN(C)C1(C)Cc2cc(F)c(F)c3ccn(c23)C1. The fourth-order valence-electron chi connectivity index (χ4n) is 2.82. The van der Waals surface area contributed by atoms with Gasteiger partial charge in [0, 0.05) is 23.7 Å². The molecule has 0 spiro atoms. The number of halogens is 2. The predicted molar refractivity (Wildman–Crippen MR) is 67.7 cm³/mol. The summed E-state index contributed by atoms with van der Waals surface area (Å²) >= 11 is 0. The van der Waals surface area contributed by atoms with Crippen molar-refractivity contribution in [3.05, 3.63) is 35.5 Å². The molecule has 96 valence electrons. The van der Waals surface area contributed by atoms with Crippen LogP contribution in [-0.4, -0.2) is 29.1 Å². The second-order valence-corrected chi connectivity index (χ2v) is 5.61. The van der Waals surface area contributed by atoms with Crippen molar-refractivity contribution >= 4 is 10.9 Å². The zero-order chi connectivity index (χ0) is 13.1. The van der Waals surface area contributed by atoms with Crippen molar-refractivity contribution in [1.82, 2.24) is 9.47 Å². The molecule has 2 heterocycles. The molecule has 0 saturated carbocycles. The van der Waals surface area contributed by atoms with Crippen molar-refractivity contribution in [3.63, 3.8) is 0 Å².